The maximum absolute atomic E-state index is 8.63. The summed E-state index contributed by atoms with van der Waals surface area (Å²) in [5.74, 6) is -0.00168. The number of rotatable bonds is 1. The molecule has 0 aromatic heterocycles. The molecule has 13 heavy (non-hydrogen) atoms. The highest BCUT2D eigenvalue weighted by Gasteiger charge is 1.98. The average Bonchev–Trinajstić information content (AvgIpc) is 2.08. The van der Waals surface area contributed by atoms with Gasteiger partial charge >= 0.3 is 0 Å². The molecule has 0 unspecified atom stereocenters. The van der Waals surface area contributed by atoms with E-state index in [1.807, 2.05) is 13.0 Å². The molecule has 1 aromatic rings. The minimum atomic E-state index is -0.00168. The van der Waals surface area contributed by atoms with Crippen LogP contribution in [0.5, 0.6) is 0 Å². The first-order valence-corrected chi connectivity index (χ1v) is 3.74. The number of hydrogen-bond acceptors (Lipinski definition) is 2. The van der Waals surface area contributed by atoms with Crippen molar-refractivity contribution >= 4 is 11.6 Å². The Labute approximate surface area is 76.5 Å². The van der Waals surface area contributed by atoms with E-state index in [2.05, 4.69) is 4.99 Å². The Hall–Kier alpha value is -2.02. The van der Waals surface area contributed by atoms with Gasteiger partial charge in [-0.2, -0.15) is 5.26 Å². The molecule has 0 spiro atoms. The number of nitrogens with two attached hydrogens (primary N) is 2. The number of hydrogen-bond donors (Lipinski definition) is 2. The van der Waals surface area contributed by atoms with Gasteiger partial charge in [-0.25, -0.2) is 4.99 Å². The summed E-state index contributed by atoms with van der Waals surface area (Å²) >= 11 is 0. The third kappa shape index (κ3) is 2.20. The normalized spacial score (nSPS) is 8.92. The fraction of sp³-hybridized carbons (Fsp3) is 0.111. The average molecular weight is 174 g/mol. The summed E-state index contributed by atoms with van der Waals surface area (Å²) < 4.78 is 0. The monoisotopic (exact) mass is 174 g/mol. The minimum Gasteiger partial charge on any atom is -0.370 e. The molecule has 0 radical (unpaired) electrons. The van der Waals surface area contributed by atoms with E-state index in [9.17, 15) is 0 Å². The number of nitrogens with zero attached hydrogens (tertiary/aromatic N) is 2. The van der Waals surface area contributed by atoms with Crippen molar-refractivity contribution in [2.45, 2.75) is 6.92 Å². The van der Waals surface area contributed by atoms with Gasteiger partial charge < -0.3 is 11.5 Å². The van der Waals surface area contributed by atoms with Crippen LogP contribution in [0.2, 0.25) is 0 Å². The Morgan fingerprint density at radius 2 is 2.15 bits per heavy atom. The topological polar surface area (TPSA) is 88.2 Å². The van der Waals surface area contributed by atoms with Crippen LogP contribution in [-0.2, 0) is 0 Å². The zero-order chi connectivity index (χ0) is 9.84. The first kappa shape index (κ1) is 9.07. The molecule has 1 rings (SSSR count). The summed E-state index contributed by atoms with van der Waals surface area (Å²) in [6.45, 7) is 1.88. The zero-order valence-electron chi connectivity index (χ0n) is 7.28. The van der Waals surface area contributed by atoms with Crippen molar-refractivity contribution in [3.05, 3.63) is 29.3 Å². The van der Waals surface area contributed by atoms with E-state index in [1.54, 1.807) is 18.2 Å². The highest BCUT2D eigenvalue weighted by Crippen LogP contribution is 2.19. The van der Waals surface area contributed by atoms with E-state index < -0.39 is 0 Å². The molecule has 0 saturated carbocycles. The number of benzene rings is 1. The van der Waals surface area contributed by atoms with Crippen LogP contribution in [0.25, 0.3) is 0 Å². The number of aryl methyl sites for hydroxylation is 1. The third-order valence-corrected chi connectivity index (χ3v) is 1.59. The molecule has 0 aliphatic carbocycles. The van der Waals surface area contributed by atoms with Crippen molar-refractivity contribution in [3.8, 4) is 6.07 Å². The molecule has 0 aliphatic heterocycles. The maximum Gasteiger partial charge on any atom is 0.191 e. The van der Waals surface area contributed by atoms with Crippen molar-refractivity contribution < 1.29 is 0 Å². The molecule has 0 bridgehead atoms. The molecule has 66 valence electrons. The van der Waals surface area contributed by atoms with Crippen LogP contribution >= 0.6 is 0 Å². The first-order valence-electron chi connectivity index (χ1n) is 3.74. The minimum absolute atomic E-state index is 0.00168. The van der Waals surface area contributed by atoms with Crippen molar-refractivity contribution in [3.63, 3.8) is 0 Å². The van der Waals surface area contributed by atoms with Gasteiger partial charge in [-0.05, 0) is 24.6 Å². The summed E-state index contributed by atoms with van der Waals surface area (Å²) in [5, 5.41) is 8.63. The second-order valence-electron chi connectivity index (χ2n) is 2.65. The van der Waals surface area contributed by atoms with Gasteiger partial charge in [0, 0.05) is 0 Å². The van der Waals surface area contributed by atoms with Crippen LogP contribution in [0.3, 0.4) is 0 Å². The van der Waals surface area contributed by atoms with Gasteiger partial charge in [-0.1, -0.05) is 6.07 Å². The summed E-state index contributed by atoms with van der Waals surface area (Å²) in [5.41, 5.74) is 12.6. The molecule has 4 heteroatoms. The summed E-state index contributed by atoms with van der Waals surface area (Å²) in [7, 11) is 0. The van der Waals surface area contributed by atoms with E-state index >= 15 is 0 Å². The van der Waals surface area contributed by atoms with Crippen molar-refractivity contribution in [2.75, 3.05) is 0 Å². The van der Waals surface area contributed by atoms with Crippen molar-refractivity contribution in [2.24, 2.45) is 16.5 Å². The predicted molar refractivity (Wildman–Crippen MR) is 51.4 cm³/mol. The largest absolute Gasteiger partial charge is 0.370 e. The Morgan fingerprint density at radius 3 is 2.69 bits per heavy atom. The van der Waals surface area contributed by atoms with Gasteiger partial charge in [0.25, 0.3) is 0 Å². The molecule has 0 saturated heterocycles. The molecule has 0 heterocycles. The molecular formula is C9H10N4. The Morgan fingerprint density at radius 1 is 1.46 bits per heavy atom. The van der Waals surface area contributed by atoms with E-state index in [1.165, 1.54) is 0 Å². The van der Waals surface area contributed by atoms with E-state index in [4.69, 9.17) is 16.7 Å². The molecule has 0 amide bonds. The summed E-state index contributed by atoms with van der Waals surface area (Å²) in [6.07, 6.45) is 0. The third-order valence-electron chi connectivity index (χ3n) is 1.59. The summed E-state index contributed by atoms with van der Waals surface area (Å²) in [4.78, 5) is 3.89. The summed E-state index contributed by atoms with van der Waals surface area (Å²) in [6, 6.07) is 7.19. The van der Waals surface area contributed by atoms with Gasteiger partial charge in [0.15, 0.2) is 5.96 Å². The Bertz CT molecular complexity index is 383. The van der Waals surface area contributed by atoms with Gasteiger partial charge in [-0.15, -0.1) is 0 Å². The van der Waals surface area contributed by atoms with Gasteiger partial charge in [0.05, 0.1) is 17.3 Å². The maximum atomic E-state index is 8.63. The molecule has 0 aliphatic rings. The van der Waals surface area contributed by atoms with Crippen LogP contribution in [0, 0.1) is 18.3 Å². The molecule has 0 fully saturated rings. The fourth-order valence-corrected chi connectivity index (χ4v) is 0.938. The SMILES string of the molecule is Cc1ccc(C#N)cc1N=C(N)N. The quantitative estimate of drug-likeness (QED) is 0.487. The Kier molecular flexibility index (Phi) is 2.50. The first-order chi connectivity index (χ1) is 6.13. The van der Waals surface area contributed by atoms with E-state index in [0.29, 0.717) is 11.3 Å². The highest BCUT2D eigenvalue weighted by molar-refractivity contribution is 5.79. The lowest BCUT2D eigenvalue weighted by Gasteiger charge is -2.00. The van der Waals surface area contributed by atoms with Gasteiger partial charge in [-0.3, -0.25) is 0 Å². The van der Waals surface area contributed by atoms with Gasteiger partial charge in [0.2, 0.25) is 0 Å². The van der Waals surface area contributed by atoms with Crippen molar-refractivity contribution in [1.29, 1.82) is 5.26 Å². The van der Waals surface area contributed by atoms with Crippen LogP contribution in [0.15, 0.2) is 23.2 Å². The number of nitriles is 1. The molecule has 0 atom stereocenters. The molecule has 4 N–H and O–H groups in total. The van der Waals surface area contributed by atoms with Crippen LogP contribution in [-0.4, -0.2) is 5.96 Å². The van der Waals surface area contributed by atoms with Crippen LogP contribution in [0.4, 0.5) is 5.69 Å². The lowest BCUT2D eigenvalue weighted by atomic mass is 10.1. The molecule has 4 nitrogen and oxygen atoms in total. The zero-order valence-corrected chi connectivity index (χ0v) is 7.28. The lowest BCUT2D eigenvalue weighted by molar-refractivity contribution is 1.34. The molecule has 1 aromatic carbocycles. The van der Waals surface area contributed by atoms with Crippen LogP contribution in [0.1, 0.15) is 11.1 Å². The second-order valence-corrected chi connectivity index (χ2v) is 2.65. The number of guanidine groups is 1. The predicted octanol–water partition coefficient (Wildman–Crippen LogP) is 0.772. The second kappa shape index (κ2) is 3.59. The number of aliphatic imine (C=N–C) groups is 1. The van der Waals surface area contributed by atoms with E-state index in [-0.39, 0.29) is 5.96 Å². The smallest absolute Gasteiger partial charge is 0.191 e. The van der Waals surface area contributed by atoms with E-state index in [0.717, 1.165) is 5.56 Å². The molecular weight excluding hydrogens is 164 g/mol. The fourth-order valence-electron chi connectivity index (χ4n) is 0.938. The Balaban J connectivity index is 3.21. The lowest BCUT2D eigenvalue weighted by Crippen LogP contribution is -2.22. The standard InChI is InChI=1S/C9H10N4/c1-6-2-3-7(5-10)4-8(6)13-9(11)12/h2-4H,1H3,(H4,11,12,13). The highest BCUT2D eigenvalue weighted by atomic mass is 15.0. The van der Waals surface area contributed by atoms with Crippen molar-refractivity contribution in [1.82, 2.24) is 0 Å². The van der Waals surface area contributed by atoms with Crippen LogP contribution < -0.4 is 11.5 Å². The van der Waals surface area contributed by atoms with Gasteiger partial charge in [0.1, 0.15) is 0 Å².